The van der Waals surface area contributed by atoms with Crippen molar-refractivity contribution in [3.63, 3.8) is 0 Å². The van der Waals surface area contributed by atoms with Gasteiger partial charge in [0.25, 0.3) is 16.8 Å². The molecule has 0 saturated heterocycles. The van der Waals surface area contributed by atoms with Crippen LogP contribution in [0.1, 0.15) is 10.4 Å². The first kappa shape index (κ1) is 16.7. The van der Waals surface area contributed by atoms with Crippen molar-refractivity contribution in [2.45, 2.75) is 0 Å². The number of aromatic nitrogens is 1. The highest BCUT2D eigenvalue weighted by Crippen LogP contribution is 2.32. The summed E-state index contributed by atoms with van der Waals surface area (Å²) < 4.78 is 0. The summed E-state index contributed by atoms with van der Waals surface area (Å²) in [4.78, 5) is 41.0. The number of para-hydroxylation sites is 1. The molecule has 0 atom stereocenters. The zero-order valence-electron chi connectivity index (χ0n) is 13.4. The van der Waals surface area contributed by atoms with Crippen LogP contribution in [-0.4, -0.2) is 35.0 Å². The molecule has 1 heterocycles. The van der Waals surface area contributed by atoms with Gasteiger partial charge in [-0.1, -0.05) is 6.07 Å². The molecule has 8 nitrogen and oxygen atoms in total. The fourth-order valence-electron chi connectivity index (χ4n) is 2.23. The maximum absolute atomic E-state index is 12.1. The van der Waals surface area contributed by atoms with Crippen LogP contribution in [0.15, 0.2) is 38.7 Å². The summed E-state index contributed by atoms with van der Waals surface area (Å²) in [7, 11) is 3.13. The molecule has 0 saturated carbocycles. The molecule has 3 aromatic rings. The minimum Gasteiger partial charge on any atom is -0.505 e. The largest absolute Gasteiger partial charge is 0.505 e. The van der Waals surface area contributed by atoms with Gasteiger partial charge in [-0.3, -0.25) is 14.4 Å². The number of carbonyl (C=O) groups excluding carboxylic acids is 1. The molecule has 0 bridgehead atoms. The van der Waals surface area contributed by atoms with Crippen molar-refractivity contribution < 1.29 is 9.90 Å². The van der Waals surface area contributed by atoms with Crippen molar-refractivity contribution in [1.82, 2.24) is 9.88 Å². The van der Waals surface area contributed by atoms with Crippen LogP contribution in [0, 0.1) is 0 Å². The lowest BCUT2D eigenvalue weighted by molar-refractivity contribution is 0.0825. The Labute approximate surface area is 146 Å². The van der Waals surface area contributed by atoms with Gasteiger partial charge in [0, 0.05) is 19.5 Å². The van der Waals surface area contributed by atoms with Crippen molar-refractivity contribution in [2.75, 3.05) is 24.7 Å². The van der Waals surface area contributed by atoms with Gasteiger partial charge in [-0.25, -0.2) is 4.98 Å². The number of thiazole rings is 1. The number of nitrogens with one attached hydrogen (secondary N) is 2. The number of benzene rings is 1. The lowest BCUT2D eigenvalue weighted by Gasteiger charge is -2.17. The second-order valence-electron chi connectivity index (χ2n) is 5.43. The van der Waals surface area contributed by atoms with E-state index in [-0.39, 0.29) is 34.3 Å². The topological polar surface area (TPSA) is 112 Å². The Bertz CT molecular complexity index is 1000. The Morgan fingerprint density at radius 1 is 1.16 bits per heavy atom. The fraction of sp³-hybridized carbons (Fsp3) is 0.125. The number of hydrogen-bond acceptors (Lipinski definition) is 8. The standard InChI is InChI=1S/C16H14N4O4S/c1-20(2)16(24)8-4-3-5-9(13(8)21)18-11-12(15(23)14(11)22)19-10-6-25-7-17-10/h3-7,18-19,21H,1-2H3. The summed E-state index contributed by atoms with van der Waals surface area (Å²) in [5.41, 5.74) is 0.534. The fourth-order valence-corrected chi connectivity index (χ4v) is 2.71. The Balaban J connectivity index is 1.93. The number of hydrogen-bond donors (Lipinski definition) is 3. The van der Waals surface area contributed by atoms with E-state index >= 15 is 0 Å². The van der Waals surface area contributed by atoms with Crippen LogP contribution in [0.4, 0.5) is 22.9 Å². The molecule has 0 unspecified atom stereocenters. The number of phenolic OH excluding ortho intramolecular Hbond substituents is 1. The van der Waals surface area contributed by atoms with Crippen molar-refractivity contribution >= 4 is 40.1 Å². The van der Waals surface area contributed by atoms with Crippen LogP contribution in [0.2, 0.25) is 0 Å². The normalized spacial score (nSPS) is 10.6. The number of nitrogens with zero attached hydrogens (tertiary/aromatic N) is 2. The predicted octanol–water partition coefficient (Wildman–Crippen LogP) is 1.63. The molecule has 128 valence electrons. The number of phenols is 1. The Hall–Kier alpha value is -3.20. The molecule has 0 radical (unpaired) electrons. The molecule has 0 aliphatic rings. The van der Waals surface area contributed by atoms with E-state index in [2.05, 4.69) is 15.6 Å². The van der Waals surface area contributed by atoms with Crippen LogP contribution in [0.25, 0.3) is 0 Å². The van der Waals surface area contributed by atoms with Gasteiger partial charge in [0.05, 0.1) is 16.8 Å². The van der Waals surface area contributed by atoms with E-state index in [0.717, 1.165) is 0 Å². The maximum Gasteiger partial charge on any atom is 0.257 e. The maximum atomic E-state index is 12.1. The van der Waals surface area contributed by atoms with Gasteiger partial charge in [0.15, 0.2) is 5.75 Å². The zero-order chi connectivity index (χ0) is 18.1. The number of aromatic hydroxyl groups is 1. The monoisotopic (exact) mass is 358 g/mol. The van der Waals surface area contributed by atoms with Gasteiger partial charge in [-0.2, -0.15) is 0 Å². The van der Waals surface area contributed by atoms with Crippen LogP contribution in [0.3, 0.4) is 0 Å². The van der Waals surface area contributed by atoms with Crippen LogP contribution < -0.4 is 21.5 Å². The van der Waals surface area contributed by atoms with Crippen molar-refractivity contribution in [3.8, 4) is 5.75 Å². The summed E-state index contributed by atoms with van der Waals surface area (Å²) in [5, 5.41) is 17.5. The average molecular weight is 358 g/mol. The third kappa shape index (κ3) is 2.96. The quantitative estimate of drug-likeness (QED) is 0.469. The molecule has 2 aromatic carbocycles. The first-order valence-corrected chi connectivity index (χ1v) is 8.13. The first-order valence-electron chi connectivity index (χ1n) is 7.19. The summed E-state index contributed by atoms with van der Waals surface area (Å²) in [5.74, 6) is -0.235. The third-order valence-electron chi connectivity index (χ3n) is 3.53. The van der Waals surface area contributed by atoms with Gasteiger partial charge in [-0.15, -0.1) is 11.3 Å². The molecule has 1 aromatic heterocycles. The molecule has 1 amide bonds. The van der Waals surface area contributed by atoms with Gasteiger partial charge in [-0.05, 0) is 12.1 Å². The van der Waals surface area contributed by atoms with Crippen molar-refractivity contribution in [3.05, 3.63) is 55.1 Å². The van der Waals surface area contributed by atoms with E-state index in [4.69, 9.17) is 0 Å². The summed E-state index contributed by atoms with van der Waals surface area (Å²) in [6.07, 6.45) is 0. The lowest BCUT2D eigenvalue weighted by Crippen LogP contribution is -2.35. The van der Waals surface area contributed by atoms with Crippen molar-refractivity contribution in [1.29, 1.82) is 0 Å². The Morgan fingerprint density at radius 3 is 2.44 bits per heavy atom. The van der Waals surface area contributed by atoms with E-state index in [9.17, 15) is 19.5 Å². The Morgan fingerprint density at radius 2 is 1.84 bits per heavy atom. The molecule has 0 spiro atoms. The molecule has 9 heteroatoms. The van der Waals surface area contributed by atoms with E-state index < -0.39 is 10.9 Å². The van der Waals surface area contributed by atoms with E-state index in [1.165, 1.54) is 28.4 Å². The second-order valence-corrected chi connectivity index (χ2v) is 6.15. The molecule has 0 aliphatic heterocycles. The molecule has 0 fully saturated rings. The summed E-state index contributed by atoms with van der Waals surface area (Å²) in [6.45, 7) is 0. The molecule has 25 heavy (non-hydrogen) atoms. The van der Waals surface area contributed by atoms with E-state index in [0.29, 0.717) is 5.82 Å². The minimum atomic E-state index is -0.707. The molecule has 0 aliphatic carbocycles. The number of carbonyl (C=O) groups is 1. The highest BCUT2D eigenvalue weighted by molar-refractivity contribution is 7.07. The van der Waals surface area contributed by atoms with Gasteiger partial charge < -0.3 is 20.6 Å². The van der Waals surface area contributed by atoms with Crippen LogP contribution in [0.5, 0.6) is 5.75 Å². The number of amides is 1. The van der Waals surface area contributed by atoms with Crippen LogP contribution >= 0.6 is 11.3 Å². The molecule has 3 N–H and O–H groups in total. The van der Waals surface area contributed by atoms with Crippen molar-refractivity contribution in [2.24, 2.45) is 0 Å². The summed E-state index contributed by atoms with van der Waals surface area (Å²) in [6, 6.07) is 4.54. The van der Waals surface area contributed by atoms with Gasteiger partial charge in [0.1, 0.15) is 17.2 Å². The highest BCUT2D eigenvalue weighted by atomic mass is 32.1. The van der Waals surface area contributed by atoms with E-state index in [1.807, 2.05) is 0 Å². The van der Waals surface area contributed by atoms with Gasteiger partial charge in [0.2, 0.25) is 0 Å². The third-order valence-corrected chi connectivity index (χ3v) is 4.11. The molecular formula is C16H14N4O4S. The number of anilines is 4. The zero-order valence-corrected chi connectivity index (χ0v) is 14.2. The van der Waals surface area contributed by atoms with Gasteiger partial charge >= 0.3 is 0 Å². The molecular weight excluding hydrogens is 344 g/mol. The predicted molar refractivity (Wildman–Crippen MR) is 96.2 cm³/mol. The SMILES string of the molecule is CN(C)C(=O)c1cccc(Nc2c(Nc3cscn3)c(=O)c2=O)c1O. The smallest absolute Gasteiger partial charge is 0.257 e. The van der Waals surface area contributed by atoms with E-state index in [1.54, 1.807) is 31.1 Å². The summed E-state index contributed by atoms with van der Waals surface area (Å²) >= 11 is 1.34. The Kier molecular flexibility index (Phi) is 4.24. The minimum absolute atomic E-state index is 0.0164. The number of rotatable bonds is 5. The first-order chi connectivity index (χ1) is 11.9. The average Bonchev–Trinajstić information content (AvgIpc) is 3.11. The highest BCUT2D eigenvalue weighted by Gasteiger charge is 2.24. The molecule has 3 rings (SSSR count). The second kappa shape index (κ2) is 6.36. The van der Waals surface area contributed by atoms with Crippen LogP contribution in [-0.2, 0) is 0 Å². The lowest BCUT2D eigenvalue weighted by atomic mass is 10.1.